The summed E-state index contributed by atoms with van der Waals surface area (Å²) in [6.07, 6.45) is 4.05. The van der Waals surface area contributed by atoms with Crippen molar-refractivity contribution in [3.8, 4) is 0 Å². The number of hydrogen-bond acceptors (Lipinski definition) is 4. The lowest BCUT2D eigenvalue weighted by Crippen LogP contribution is -2.33. The van der Waals surface area contributed by atoms with Gasteiger partial charge in [0.25, 0.3) is 0 Å². The van der Waals surface area contributed by atoms with Crippen LogP contribution in [0.2, 0.25) is 0 Å². The fourth-order valence-corrected chi connectivity index (χ4v) is 3.24. The molecular formula is C13H19NO3S. The molecule has 1 aromatic rings. The lowest BCUT2D eigenvalue weighted by Gasteiger charge is -2.27. The van der Waals surface area contributed by atoms with Gasteiger partial charge in [0.2, 0.25) is 0 Å². The van der Waals surface area contributed by atoms with Crippen LogP contribution in [0.1, 0.15) is 40.9 Å². The Morgan fingerprint density at radius 1 is 1.44 bits per heavy atom. The van der Waals surface area contributed by atoms with Gasteiger partial charge in [-0.25, -0.2) is 4.79 Å². The fraction of sp³-hybridized carbons (Fsp3) is 0.615. The molecule has 0 saturated heterocycles. The van der Waals surface area contributed by atoms with E-state index in [1.165, 1.54) is 17.8 Å². The van der Waals surface area contributed by atoms with E-state index in [4.69, 9.17) is 5.11 Å². The Balaban J connectivity index is 1.81. The Labute approximate surface area is 111 Å². The molecule has 3 N–H and O–H groups in total. The van der Waals surface area contributed by atoms with E-state index in [0.29, 0.717) is 17.3 Å². The number of aromatic carboxylic acids is 1. The molecule has 5 heteroatoms. The summed E-state index contributed by atoms with van der Waals surface area (Å²) in [6.45, 7) is 1.32. The number of carboxylic acid groups (broad SMARTS) is 1. The SMILES string of the molecule is O=C(O)c1sccc1CNCC1CCCCC1O. The van der Waals surface area contributed by atoms with Gasteiger partial charge in [-0.2, -0.15) is 0 Å². The van der Waals surface area contributed by atoms with Crippen molar-refractivity contribution in [1.82, 2.24) is 5.32 Å². The molecule has 1 aliphatic carbocycles. The van der Waals surface area contributed by atoms with Gasteiger partial charge in [0, 0.05) is 13.1 Å². The summed E-state index contributed by atoms with van der Waals surface area (Å²) in [5.41, 5.74) is 0.831. The van der Waals surface area contributed by atoms with Crippen LogP contribution in [-0.4, -0.2) is 28.8 Å². The summed E-state index contributed by atoms with van der Waals surface area (Å²) < 4.78 is 0. The van der Waals surface area contributed by atoms with Crippen LogP contribution in [0.3, 0.4) is 0 Å². The molecule has 1 aliphatic rings. The Kier molecular flexibility index (Phi) is 4.74. The predicted octanol–water partition coefficient (Wildman–Crippen LogP) is 2.09. The van der Waals surface area contributed by atoms with Gasteiger partial charge in [-0.05, 0) is 35.8 Å². The number of hydrogen-bond donors (Lipinski definition) is 3. The summed E-state index contributed by atoms with van der Waals surface area (Å²) >= 11 is 1.26. The quantitative estimate of drug-likeness (QED) is 0.765. The van der Waals surface area contributed by atoms with E-state index < -0.39 is 5.97 Å². The minimum atomic E-state index is -0.862. The molecule has 1 fully saturated rings. The molecule has 0 radical (unpaired) electrons. The summed E-state index contributed by atoms with van der Waals surface area (Å²) in [4.78, 5) is 11.4. The first-order valence-electron chi connectivity index (χ1n) is 6.37. The second-order valence-electron chi connectivity index (χ2n) is 4.82. The van der Waals surface area contributed by atoms with Crippen molar-refractivity contribution in [2.24, 2.45) is 5.92 Å². The van der Waals surface area contributed by atoms with E-state index in [2.05, 4.69) is 5.32 Å². The van der Waals surface area contributed by atoms with Gasteiger partial charge in [0.1, 0.15) is 4.88 Å². The topological polar surface area (TPSA) is 69.6 Å². The van der Waals surface area contributed by atoms with Crippen molar-refractivity contribution in [2.75, 3.05) is 6.54 Å². The predicted molar refractivity (Wildman–Crippen MR) is 70.9 cm³/mol. The highest BCUT2D eigenvalue weighted by Crippen LogP contribution is 2.24. The lowest BCUT2D eigenvalue weighted by atomic mass is 9.86. The Morgan fingerprint density at radius 2 is 2.22 bits per heavy atom. The third kappa shape index (κ3) is 3.31. The molecule has 2 rings (SSSR count). The Hall–Kier alpha value is -0.910. The maximum atomic E-state index is 10.9. The number of carbonyl (C=O) groups is 1. The highest BCUT2D eigenvalue weighted by atomic mass is 32.1. The molecule has 2 atom stereocenters. The molecule has 18 heavy (non-hydrogen) atoms. The first kappa shape index (κ1) is 13.5. The number of aliphatic hydroxyl groups is 1. The molecule has 100 valence electrons. The normalized spacial score (nSPS) is 24.1. The lowest BCUT2D eigenvalue weighted by molar-refractivity contribution is 0.0684. The molecule has 1 saturated carbocycles. The van der Waals surface area contributed by atoms with Gasteiger partial charge in [-0.3, -0.25) is 0 Å². The summed E-state index contributed by atoms with van der Waals surface area (Å²) in [6, 6.07) is 1.85. The van der Waals surface area contributed by atoms with Gasteiger partial charge < -0.3 is 15.5 Å². The average molecular weight is 269 g/mol. The van der Waals surface area contributed by atoms with Crippen molar-refractivity contribution in [3.63, 3.8) is 0 Å². The molecule has 1 aromatic heterocycles. The third-order valence-electron chi connectivity index (χ3n) is 3.53. The van der Waals surface area contributed by atoms with Crippen molar-refractivity contribution in [1.29, 1.82) is 0 Å². The Morgan fingerprint density at radius 3 is 2.94 bits per heavy atom. The van der Waals surface area contributed by atoms with Crippen LogP contribution >= 0.6 is 11.3 Å². The zero-order valence-electron chi connectivity index (χ0n) is 10.3. The van der Waals surface area contributed by atoms with E-state index in [9.17, 15) is 9.90 Å². The monoisotopic (exact) mass is 269 g/mol. The summed E-state index contributed by atoms with van der Waals surface area (Å²) in [5.74, 6) is -0.551. The van der Waals surface area contributed by atoms with Gasteiger partial charge in [-0.1, -0.05) is 12.8 Å². The number of aliphatic hydroxyl groups excluding tert-OH is 1. The largest absolute Gasteiger partial charge is 0.477 e. The van der Waals surface area contributed by atoms with Crippen molar-refractivity contribution in [2.45, 2.75) is 38.3 Å². The van der Waals surface area contributed by atoms with Crippen LogP contribution < -0.4 is 5.32 Å². The van der Waals surface area contributed by atoms with E-state index in [-0.39, 0.29) is 6.10 Å². The molecule has 0 spiro atoms. The molecule has 0 aromatic carbocycles. The van der Waals surface area contributed by atoms with Crippen LogP contribution in [0.15, 0.2) is 11.4 Å². The number of carboxylic acids is 1. The van der Waals surface area contributed by atoms with Gasteiger partial charge in [-0.15, -0.1) is 11.3 Å². The maximum absolute atomic E-state index is 10.9. The smallest absolute Gasteiger partial charge is 0.346 e. The van der Waals surface area contributed by atoms with Crippen LogP contribution in [0.25, 0.3) is 0 Å². The van der Waals surface area contributed by atoms with Crippen LogP contribution in [0, 0.1) is 5.92 Å². The average Bonchev–Trinajstić information content (AvgIpc) is 2.80. The molecule has 0 amide bonds. The standard InChI is InChI=1S/C13H19NO3S/c15-11-4-2-1-3-9(11)7-14-8-10-5-6-18-12(10)13(16)17/h5-6,9,11,14-15H,1-4,7-8H2,(H,16,17). The molecular weight excluding hydrogens is 250 g/mol. The van der Waals surface area contributed by atoms with E-state index in [1.54, 1.807) is 5.38 Å². The summed E-state index contributed by atoms with van der Waals surface area (Å²) in [5, 5.41) is 23.9. The molecule has 2 unspecified atom stereocenters. The minimum Gasteiger partial charge on any atom is -0.477 e. The third-order valence-corrected chi connectivity index (χ3v) is 4.48. The summed E-state index contributed by atoms with van der Waals surface area (Å²) in [7, 11) is 0. The van der Waals surface area contributed by atoms with Crippen LogP contribution in [0.5, 0.6) is 0 Å². The van der Waals surface area contributed by atoms with Crippen molar-refractivity contribution >= 4 is 17.3 Å². The van der Waals surface area contributed by atoms with E-state index >= 15 is 0 Å². The van der Waals surface area contributed by atoms with Gasteiger partial charge in [0.05, 0.1) is 6.10 Å². The van der Waals surface area contributed by atoms with E-state index in [0.717, 1.165) is 31.4 Å². The minimum absolute atomic E-state index is 0.201. The number of thiophene rings is 1. The van der Waals surface area contributed by atoms with Gasteiger partial charge in [0.15, 0.2) is 0 Å². The first-order valence-corrected chi connectivity index (χ1v) is 7.25. The molecule has 1 heterocycles. The zero-order chi connectivity index (χ0) is 13.0. The molecule has 4 nitrogen and oxygen atoms in total. The number of nitrogens with one attached hydrogen (secondary N) is 1. The highest BCUT2D eigenvalue weighted by molar-refractivity contribution is 7.12. The van der Waals surface area contributed by atoms with Crippen molar-refractivity contribution < 1.29 is 15.0 Å². The van der Waals surface area contributed by atoms with Crippen LogP contribution in [-0.2, 0) is 6.54 Å². The molecule has 0 aliphatic heterocycles. The number of rotatable bonds is 5. The zero-order valence-corrected chi connectivity index (χ0v) is 11.1. The molecule has 0 bridgehead atoms. The van der Waals surface area contributed by atoms with Gasteiger partial charge >= 0.3 is 5.97 Å². The first-order chi connectivity index (χ1) is 8.68. The Bertz CT molecular complexity index is 405. The van der Waals surface area contributed by atoms with Crippen LogP contribution in [0.4, 0.5) is 0 Å². The highest BCUT2D eigenvalue weighted by Gasteiger charge is 2.22. The second kappa shape index (κ2) is 6.31. The van der Waals surface area contributed by atoms with E-state index in [1.807, 2.05) is 6.07 Å². The maximum Gasteiger partial charge on any atom is 0.346 e. The fourth-order valence-electron chi connectivity index (χ4n) is 2.48. The second-order valence-corrected chi connectivity index (χ2v) is 5.74. The van der Waals surface area contributed by atoms with Crippen molar-refractivity contribution in [3.05, 3.63) is 21.9 Å².